The van der Waals surface area contributed by atoms with Crippen LogP contribution in [0.15, 0.2) is 9.59 Å². The number of carbonyl (C=O) groups excluding carboxylic acids is 1. The predicted molar refractivity (Wildman–Crippen MR) is 42.1 cm³/mol. The minimum absolute atomic E-state index is 0.319. The van der Waals surface area contributed by atoms with Gasteiger partial charge < -0.3 is 10.8 Å². The molecular formula is C6H6FN3O4. The first kappa shape index (κ1) is 9.96. The maximum Gasteiger partial charge on any atom is 0.331 e. The highest BCUT2D eigenvalue weighted by Crippen LogP contribution is 2.06. The molecule has 8 heteroatoms. The van der Waals surface area contributed by atoms with Crippen molar-refractivity contribution >= 4 is 5.91 Å². The van der Waals surface area contributed by atoms with Gasteiger partial charge in [-0.1, -0.05) is 0 Å². The Labute approximate surface area is 75.6 Å². The van der Waals surface area contributed by atoms with Gasteiger partial charge in [0.15, 0.2) is 0 Å². The summed E-state index contributed by atoms with van der Waals surface area (Å²) in [4.78, 5) is 33.5. The first-order chi connectivity index (χ1) is 6.43. The summed E-state index contributed by atoms with van der Waals surface area (Å²) in [6, 6.07) is 0. The monoisotopic (exact) mass is 203 g/mol. The number of primary amides is 1. The van der Waals surface area contributed by atoms with Gasteiger partial charge in [-0.2, -0.15) is 4.39 Å². The molecule has 0 saturated carbocycles. The first-order valence-corrected chi connectivity index (χ1v) is 3.43. The number of nitrogens with one attached hydrogen (secondary N) is 1. The zero-order chi connectivity index (χ0) is 10.9. The number of aromatic amines is 1. The number of aromatic nitrogens is 2. The van der Waals surface area contributed by atoms with Crippen molar-refractivity contribution in [2.75, 3.05) is 0 Å². The van der Waals surface area contributed by atoms with Crippen LogP contribution in [0.4, 0.5) is 4.39 Å². The number of aromatic hydroxyl groups is 1. The molecule has 0 aliphatic carbocycles. The second-order valence-corrected chi connectivity index (χ2v) is 2.45. The lowest BCUT2D eigenvalue weighted by atomic mass is 10.5. The van der Waals surface area contributed by atoms with Crippen molar-refractivity contribution in [3.63, 3.8) is 0 Å². The zero-order valence-corrected chi connectivity index (χ0v) is 6.78. The van der Waals surface area contributed by atoms with E-state index in [2.05, 4.69) is 0 Å². The Morgan fingerprint density at radius 3 is 2.64 bits per heavy atom. The van der Waals surface area contributed by atoms with Crippen LogP contribution in [0.2, 0.25) is 0 Å². The average molecular weight is 203 g/mol. The van der Waals surface area contributed by atoms with Gasteiger partial charge in [-0.3, -0.25) is 19.1 Å². The Morgan fingerprint density at radius 2 is 2.14 bits per heavy atom. The Morgan fingerprint density at radius 1 is 1.57 bits per heavy atom. The van der Waals surface area contributed by atoms with Crippen LogP contribution in [-0.4, -0.2) is 20.6 Å². The third-order valence-electron chi connectivity index (χ3n) is 1.43. The minimum atomic E-state index is -1.54. The Balaban J connectivity index is 3.44. The van der Waals surface area contributed by atoms with Gasteiger partial charge >= 0.3 is 5.69 Å². The van der Waals surface area contributed by atoms with E-state index in [0.717, 1.165) is 0 Å². The van der Waals surface area contributed by atoms with Crippen LogP contribution >= 0.6 is 0 Å². The summed E-state index contributed by atoms with van der Waals surface area (Å²) < 4.78 is 13.0. The molecule has 0 aliphatic rings. The maximum atomic E-state index is 12.7. The average Bonchev–Trinajstić information content (AvgIpc) is 2.09. The molecule has 0 fully saturated rings. The molecule has 0 saturated heterocycles. The van der Waals surface area contributed by atoms with Crippen molar-refractivity contribution in [2.45, 2.75) is 6.54 Å². The number of hydrogen-bond donors (Lipinski definition) is 3. The van der Waals surface area contributed by atoms with Crippen molar-refractivity contribution < 1.29 is 14.3 Å². The lowest BCUT2D eigenvalue weighted by molar-refractivity contribution is -0.118. The Kier molecular flexibility index (Phi) is 2.36. The SMILES string of the molecule is NC(=O)Cn1c(O)c(F)c(=O)[nH]c1=O. The quantitative estimate of drug-likeness (QED) is 0.508. The molecule has 0 atom stereocenters. The number of rotatable bonds is 2. The van der Waals surface area contributed by atoms with Crippen LogP contribution in [0, 0.1) is 5.82 Å². The molecule has 0 radical (unpaired) electrons. The summed E-state index contributed by atoms with van der Waals surface area (Å²) in [6.07, 6.45) is 0. The van der Waals surface area contributed by atoms with E-state index in [0.29, 0.717) is 4.57 Å². The van der Waals surface area contributed by atoms with Crippen molar-refractivity contribution in [1.82, 2.24) is 9.55 Å². The predicted octanol–water partition coefficient (Wildman–Crippen LogP) is -2.13. The molecule has 0 aromatic carbocycles. The summed E-state index contributed by atoms with van der Waals surface area (Å²) in [5.74, 6) is -3.70. The molecule has 1 amide bonds. The number of hydrogen-bond acceptors (Lipinski definition) is 4. The van der Waals surface area contributed by atoms with Crippen molar-refractivity contribution in [2.24, 2.45) is 5.73 Å². The van der Waals surface area contributed by atoms with Crippen LogP contribution in [0.1, 0.15) is 0 Å². The molecule has 76 valence electrons. The largest absolute Gasteiger partial charge is 0.492 e. The highest BCUT2D eigenvalue weighted by molar-refractivity contribution is 5.73. The van der Waals surface area contributed by atoms with E-state index in [1.54, 1.807) is 4.98 Å². The molecule has 0 aliphatic heterocycles. The van der Waals surface area contributed by atoms with E-state index in [-0.39, 0.29) is 0 Å². The molecule has 14 heavy (non-hydrogen) atoms. The van der Waals surface area contributed by atoms with E-state index in [1.165, 1.54) is 0 Å². The second-order valence-electron chi connectivity index (χ2n) is 2.45. The van der Waals surface area contributed by atoms with Crippen LogP contribution in [0.3, 0.4) is 0 Å². The van der Waals surface area contributed by atoms with Gasteiger partial charge in [0.05, 0.1) is 0 Å². The molecule has 4 N–H and O–H groups in total. The van der Waals surface area contributed by atoms with Gasteiger partial charge in [0.1, 0.15) is 6.54 Å². The number of nitrogens with two attached hydrogens (primary N) is 1. The number of H-pyrrole nitrogens is 1. The highest BCUT2D eigenvalue weighted by atomic mass is 19.1. The lowest BCUT2D eigenvalue weighted by Crippen LogP contribution is -2.35. The summed E-state index contributed by atoms with van der Waals surface area (Å²) in [5, 5.41) is 8.97. The van der Waals surface area contributed by atoms with Crippen molar-refractivity contribution in [3.05, 3.63) is 26.7 Å². The molecule has 0 spiro atoms. The van der Waals surface area contributed by atoms with E-state index >= 15 is 0 Å². The first-order valence-electron chi connectivity index (χ1n) is 3.43. The van der Waals surface area contributed by atoms with Crippen LogP contribution in [-0.2, 0) is 11.3 Å². The topological polar surface area (TPSA) is 118 Å². The van der Waals surface area contributed by atoms with Gasteiger partial charge in [-0.25, -0.2) is 4.79 Å². The van der Waals surface area contributed by atoms with Gasteiger partial charge in [-0.05, 0) is 0 Å². The van der Waals surface area contributed by atoms with Crippen LogP contribution in [0.5, 0.6) is 5.88 Å². The number of nitrogens with zero attached hydrogens (tertiary/aromatic N) is 1. The number of halogens is 1. The summed E-state index contributed by atoms with van der Waals surface area (Å²) in [6.45, 7) is -0.710. The molecular weight excluding hydrogens is 197 g/mol. The summed E-state index contributed by atoms with van der Waals surface area (Å²) >= 11 is 0. The van der Waals surface area contributed by atoms with E-state index in [1.807, 2.05) is 0 Å². The zero-order valence-electron chi connectivity index (χ0n) is 6.78. The fourth-order valence-corrected chi connectivity index (χ4v) is 0.838. The normalized spacial score (nSPS) is 10.1. The highest BCUT2D eigenvalue weighted by Gasteiger charge is 2.14. The van der Waals surface area contributed by atoms with E-state index in [4.69, 9.17) is 10.8 Å². The van der Waals surface area contributed by atoms with Crippen molar-refractivity contribution in [3.8, 4) is 5.88 Å². The smallest absolute Gasteiger partial charge is 0.331 e. The van der Waals surface area contributed by atoms with Crippen molar-refractivity contribution in [1.29, 1.82) is 0 Å². The van der Waals surface area contributed by atoms with Crippen LogP contribution < -0.4 is 17.0 Å². The molecule has 0 unspecified atom stereocenters. The summed E-state index contributed by atoms with van der Waals surface area (Å²) in [5.41, 5.74) is 2.27. The molecule has 7 nitrogen and oxygen atoms in total. The van der Waals surface area contributed by atoms with Gasteiger partial charge in [0, 0.05) is 0 Å². The van der Waals surface area contributed by atoms with Gasteiger partial charge in [0.25, 0.3) is 5.56 Å². The number of amides is 1. The molecule has 1 heterocycles. The van der Waals surface area contributed by atoms with E-state index < -0.39 is 35.4 Å². The third kappa shape index (κ3) is 1.63. The number of carbonyl (C=O) groups is 1. The fourth-order valence-electron chi connectivity index (χ4n) is 0.838. The van der Waals surface area contributed by atoms with Gasteiger partial charge in [0.2, 0.25) is 17.6 Å². The standard InChI is InChI=1S/C6H6FN3O4/c7-3-4(12)9-6(14)10(5(3)13)1-2(8)11/h13H,1H2,(H2,8,11)(H,9,12,14). The van der Waals surface area contributed by atoms with E-state index in [9.17, 15) is 18.8 Å². The third-order valence-corrected chi connectivity index (χ3v) is 1.43. The molecule has 1 rings (SSSR count). The lowest BCUT2D eigenvalue weighted by Gasteiger charge is -2.04. The molecule has 1 aromatic rings. The minimum Gasteiger partial charge on any atom is -0.492 e. The Hall–Kier alpha value is -2.12. The molecule has 0 bridgehead atoms. The second kappa shape index (κ2) is 3.32. The van der Waals surface area contributed by atoms with Crippen LogP contribution in [0.25, 0.3) is 0 Å². The maximum absolute atomic E-state index is 12.7. The molecule has 1 aromatic heterocycles. The van der Waals surface area contributed by atoms with Gasteiger partial charge in [-0.15, -0.1) is 0 Å². The fraction of sp³-hybridized carbons (Fsp3) is 0.167. The Bertz CT molecular complexity index is 489. The summed E-state index contributed by atoms with van der Waals surface area (Å²) in [7, 11) is 0.